The van der Waals surface area contributed by atoms with E-state index in [1.807, 2.05) is 6.92 Å². The number of nitro benzene ring substituents is 1. The number of hydrogen-bond donors (Lipinski definition) is 0. The molecule has 106 valence electrons. The fourth-order valence-electron chi connectivity index (χ4n) is 1.74. The van der Waals surface area contributed by atoms with Gasteiger partial charge in [-0.1, -0.05) is 35.3 Å². The predicted molar refractivity (Wildman–Crippen MR) is 69.4 cm³/mol. The molecule has 0 saturated heterocycles. The lowest BCUT2D eigenvalue weighted by Crippen LogP contribution is -2.09. The van der Waals surface area contributed by atoms with Gasteiger partial charge >= 0.3 is 6.18 Å². The maximum Gasteiger partial charge on any atom is 0.416 e. The number of alkyl halides is 4. The first kappa shape index (κ1) is 15.9. The van der Waals surface area contributed by atoms with E-state index in [4.69, 9.17) is 0 Å². The Morgan fingerprint density at radius 1 is 1.42 bits per heavy atom. The minimum absolute atomic E-state index is 0.0212. The SMILES string of the molecule is CCCC(Br)Cc1ccc(C(F)(F)F)cc1[N+](=O)[O-]. The molecule has 0 fully saturated rings. The molecule has 0 N–H and O–H groups in total. The Hall–Kier alpha value is -1.11. The summed E-state index contributed by atoms with van der Waals surface area (Å²) in [4.78, 5) is 10.1. The third-order valence-corrected chi connectivity index (χ3v) is 3.43. The molecule has 1 unspecified atom stereocenters. The second-order valence-electron chi connectivity index (χ2n) is 4.19. The van der Waals surface area contributed by atoms with Crippen molar-refractivity contribution in [3.8, 4) is 0 Å². The van der Waals surface area contributed by atoms with Crippen molar-refractivity contribution in [1.29, 1.82) is 0 Å². The average molecular weight is 340 g/mol. The van der Waals surface area contributed by atoms with Crippen LogP contribution in [0.25, 0.3) is 0 Å². The highest BCUT2D eigenvalue weighted by molar-refractivity contribution is 9.09. The van der Waals surface area contributed by atoms with E-state index in [1.165, 1.54) is 6.07 Å². The summed E-state index contributed by atoms with van der Waals surface area (Å²) < 4.78 is 37.5. The van der Waals surface area contributed by atoms with Crippen LogP contribution >= 0.6 is 15.9 Å². The first-order valence-corrected chi connectivity index (χ1v) is 6.65. The molecule has 0 heterocycles. The molecule has 0 radical (unpaired) electrons. The van der Waals surface area contributed by atoms with Crippen LogP contribution in [0, 0.1) is 10.1 Å². The number of hydrogen-bond acceptors (Lipinski definition) is 2. The summed E-state index contributed by atoms with van der Waals surface area (Å²) in [6.07, 6.45) is -2.54. The van der Waals surface area contributed by atoms with Crippen molar-refractivity contribution in [3.63, 3.8) is 0 Å². The topological polar surface area (TPSA) is 43.1 Å². The van der Waals surface area contributed by atoms with Crippen molar-refractivity contribution in [2.24, 2.45) is 0 Å². The van der Waals surface area contributed by atoms with Gasteiger partial charge in [-0.3, -0.25) is 10.1 Å². The van der Waals surface area contributed by atoms with Gasteiger partial charge in [0, 0.05) is 16.5 Å². The maximum absolute atomic E-state index is 12.5. The third-order valence-electron chi connectivity index (χ3n) is 2.65. The van der Waals surface area contributed by atoms with Crippen molar-refractivity contribution in [1.82, 2.24) is 0 Å². The summed E-state index contributed by atoms with van der Waals surface area (Å²) in [5, 5.41) is 10.9. The summed E-state index contributed by atoms with van der Waals surface area (Å²) in [6.45, 7) is 1.97. The Balaban J connectivity index is 3.09. The highest BCUT2D eigenvalue weighted by Gasteiger charge is 2.33. The fourth-order valence-corrected chi connectivity index (χ4v) is 2.54. The van der Waals surface area contributed by atoms with Crippen molar-refractivity contribution in [2.75, 3.05) is 0 Å². The lowest BCUT2D eigenvalue weighted by atomic mass is 10.0. The van der Waals surface area contributed by atoms with E-state index in [0.717, 1.165) is 18.9 Å². The van der Waals surface area contributed by atoms with Crippen LogP contribution in [0.2, 0.25) is 0 Å². The lowest BCUT2D eigenvalue weighted by molar-refractivity contribution is -0.385. The summed E-state index contributed by atoms with van der Waals surface area (Å²) in [5.41, 5.74) is -1.16. The maximum atomic E-state index is 12.5. The molecular weight excluding hydrogens is 327 g/mol. The molecule has 0 amide bonds. The normalized spacial score (nSPS) is 13.3. The largest absolute Gasteiger partial charge is 0.416 e. The van der Waals surface area contributed by atoms with Crippen LogP contribution in [-0.4, -0.2) is 9.75 Å². The van der Waals surface area contributed by atoms with Crippen molar-refractivity contribution >= 4 is 21.6 Å². The first-order valence-electron chi connectivity index (χ1n) is 5.74. The molecule has 0 bridgehead atoms. The first-order chi connectivity index (χ1) is 8.75. The van der Waals surface area contributed by atoms with Crippen LogP contribution in [0.5, 0.6) is 0 Å². The summed E-state index contributed by atoms with van der Waals surface area (Å²) >= 11 is 3.37. The molecule has 7 heteroatoms. The zero-order valence-corrected chi connectivity index (χ0v) is 11.8. The molecule has 0 aromatic heterocycles. The van der Waals surface area contributed by atoms with E-state index in [0.29, 0.717) is 18.1 Å². The smallest absolute Gasteiger partial charge is 0.258 e. The zero-order chi connectivity index (χ0) is 14.6. The Morgan fingerprint density at radius 2 is 2.05 bits per heavy atom. The molecule has 1 aromatic rings. The van der Waals surface area contributed by atoms with Gasteiger partial charge in [-0.25, -0.2) is 0 Å². The van der Waals surface area contributed by atoms with Crippen LogP contribution in [0.15, 0.2) is 18.2 Å². The molecule has 0 aliphatic rings. The van der Waals surface area contributed by atoms with Crippen LogP contribution in [-0.2, 0) is 12.6 Å². The van der Waals surface area contributed by atoms with E-state index in [-0.39, 0.29) is 4.83 Å². The van der Waals surface area contributed by atoms with Crippen molar-refractivity contribution in [3.05, 3.63) is 39.4 Å². The number of benzene rings is 1. The van der Waals surface area contributed by atoms with Gasteiger partial charge in [0.2, 0.25) is 0 Å². The van der Waals surface area contributed by atoms with Crippen molar-refractivity contribution < 1.29 is 18.1 Å². The average Bonchev–Trinajstić information content (AvgIpc) is 2.27. The van der Waals surface area contributed by atoms with E-state index < -0.39 is 22.4 Å². The molecule has 0 aliphatic carbocycles. The summed E-state index contributed by atoms with van der Waals surface area (Å²) in [6, 6.07) is 2.67. The molecule has 1 atom stereocenters. The quantitative estimate of drug-likeness (QED) is 0.442. The van der Waals surface area contributed by atoms with Gasteiger partial charge in [0.1, 0.15) is 0 Å². The Labute approximate surface area is 117 Å². The van der Waals surface area contributed by atoms with E-state index in [1.54, 1.807) is 0 Å². The number of rotatable bonds is 5. The van der Waals surface area contributed by atoms with Crippen LogP contribution in [0.3, 0.4) is 0 Å². The molecule has 0 spiro atoms. The Kier molecular flexibility index (Phi) is 5.34. The number of nitro groups is 1. The molecule has 3 nitrogen and oxygen atoms in total. The fraction of sp³-hybridized carbons (Fsp3) is 0.500. The minimum atomic E-state index is -4.57. The Bertz CT molecular complexity index is 463. The molecule has 1 rings (SSSR count). The Morgan fingerprint density at radius 3 is 2.53 bits per heavy atom. The molecule has 0 aliphatic heterocycles. The molecule has 1 aromatic carbocycles. The lowest BCUT2D eigenvalue weighted by Gasteiger charge is -2.11. The predicted octanol–water partition coefficient (Wildman–Crippen LogP) is 4.72. The van der Waals surface area contributed by atoms with Gasteiger partial charge in [-0.15, -0.1) is 0 Å². The van der Waals surface area contributed by atoms with Crippen LogP contribution in [0.4, 0.5) is 18.9 Å². The van der Waals surface area contributed by atoms with Gasteiger partial charge < -0.3 is 0 Å². The summed E-state index contributed by atoms with van der Waals surface area (Å²) in [5.74, 6) is 0. The van der Waals surface area contributed by atoms with E-state index in [2.05, 4.69) is 15.9 Å². The van der Waals surface area contributed by atoms with Gasteiger partial charge in [0.25, 0.3) is 5.69 Å². The van der Waals surface area contributed by atoms with Gasteiger partial charge in [0.15, 0.2) is 0 Å². The second-order valence-corrected chi connectivity index (χ2v) is 5.48. The molecule has 0 saturated carbocycles. The minimum Gasteiger partial charge on any atom is -0.258 e. The second kappa shape index (κ2) is 6.36. The number of halogens is 4. The van der Waals surface area contributed by atoms with Gasteiger partial charge in [-0.2, -0.15) is 13.2 Å². The monoisotopic (exact) mass is 339 g/mol. The zero-order valence-electron chi connectivity index (χ0n) is 10.2. The van der Waals surface area contributed by atoms with Gasteiger partial charge in [-0.05, 0) is 18.9 Å². The van der Waals surface area contributed by atoms with Crippen LogP contribution in [0.1, 0.15) is 30.9 Å². The number of nitrogens with zero attached hydrogens (tertiary/aromatic N) is 1. The highest BCUT2D eigenvalue weighted by atomic mass is 79.9. The van der Waals surface area contributed by atoms with E-state index >= 15 is 0 Å². The molecular formula is C12H13BrF3NO2. The van der Waals surface area contributed by atoms with Crippen LogP contribution < -0.4 is 0 Å². The van der Waals surface area contributed by atoms with Crippen molar-refractivity contribution in [2.45, 2.75) is 37.2 Å². The summed E-state index contributed by atoms with van der Waals surface area (Å²) in [7, 11) is 0. The highest BCUT2D eigenvalue weighted by Crippen LogP contribution is 2.33. The third kappa shape index (κ3) is 4.49. The molecule has 19 heavy (non-hydrogen) atoms. The standard InChI is InChI=1S/C12H13BrF3NO2/c1-2-3-10(13)6-8-4-5-9(12(14,15)16)7-11(8)17(18)19/h4-5,7,10H,2-3,6H2,1H3. The van der Waals surface area contributed by atoms with E-state index in [9.17, 15) is 23.3 Å². The van der Waals surface area contributed by atoms with Gasteiger partial charge in [0.05, 0.1) is 10.5 Å².